The van der Waals surface area contributed by atoms with E-state index < -0.39 is 0 Å². The summed E-state index contributed by atoms with van der Waals surface area (Å²) in [5.41, 5.74) is -0.0952. The lowest BCUT2D eigenvalue weighted by molar-refractivity contribution is -0.121. The first-order valence-corrected chi connectivity index (χ1v) is 8.20. The summed E-state index contributed by atoms with van der Waals surface area (Å²) in [4.78, 5) is 14.3. The molecule has 118 valence electrons. The van der Waals surface area contributed by atoms with Crippen molar-refractivity contribution < 1.29 is 4.79 Å². The third-order valence-electron chi connectivity index (χ3n) is 4.39. The molecular weight excluding hydrogens is 250 g/mol. The molecule has 0 radical (unpaired) electrons. The number of carbonyl (C=O) groups is 1. The van der Waals surface area contributed by atoms with Crippen molar-refractivity contribution in [3.63, 3.8) is 0 Å². The van der Waals surface area contributed by atoms with Crippen LogP contribution in [-0.2, 0) is 4.79 Å². The number of carbonyl (C=O) groups excluding carboxylic acids is 1. The van der Waals surface area contributed by atoms with E-state index in [1.807, 2.05) is 0 Å². The maximum atomic E-state index is 11.8. The maximum absolute atomic E-state index is 11.8. The number of piperidine rings is 1. The van der Waals surface area contributed by atoms with Gasteiger partial charge in [0.05, 0.1) is 6.54 Å². The van der Waals surface area contributed by atoms with Crippen molar-refractivity contribution >= 4 is 5.91 Å². The summed E-state index contributed by atoms with van der Waals surface area (Å²) in [6.45, 7) is 12.3. The van der Waals surface area contributed by atoms with E-state index in [4.69, 9.17) is 0 Å². The van der Waals surface area contributed by atoms with E-state index >= 15 is 0 Å². The summed E-state index contributed by atoms with van der Waals surface area (Å²) in [6, 6.07) is 0.734. The predicted molar refractivity (Wildman–Crippen MR) is 84.9 cm³/mol. The second-order valence-electron chi connectivity index (χ2n) is 6.70. The van der Waals surface area contributed by atoms with E-state index in [1.54, 1.807) is 0 Å². The highest BCUT2D eigenvalue weighted by Gasteiger charge is 2.18. The normalized spacial score (nSPS) is 20.9. The summed E-state index contributed by atoms with van der Waals surface area (Å²) in [5.74, 6) is 0.100. The van der Waals surface area contributed by atoms with E-state index in [0.29, 0.717) is 6.54 Å². The Bertz CT molecular complexity index is 291. The number of hydrogen-bond donors (Lipinski definition) is 2. The molecule has 1 unspecified atom stereocenters. The van der Waals surface area contributed by atoms with Gasteiger partial charge in [-0.15, -0.1) is 0 Å². The third-order valence-corrected chi connectivity index (χ3v) is 4.39. The van der Waals surface area contributed by atoms with E-state index in [0.717, 1.165) is 32.0 Å². The van der Waals surface area contributed by atoms with Gasteiger partial charge in [-0.2, -0.15) is 0 Å². The van der Waals surface area contributed by atoms with Crippen LogP contribution in [0.3, 0.4) is 0 Å². The molecular formula is C16H33N3O. The molecule has 0 aliphatic carbocycles. The molecule has 0 aromatic heterocycles. The van der Waals surface area contributed by atoms with Gasteiger partial charge in [0.1, 0.15) is 0 Å². The minimum atomic E-state index is -0.0952. The zero-order valence-corrected chi connectivity index (χ0v) is 13.8. The van der Waals surface area contributed by atoms with Crippen LogP contribution in [-0.4, -0.2) is 48.6 Å². The number of nitrogens with zero attached hydrogens (tertiary/aromatic N) is 1. The average molecular weight is 283 g/mol. The summed E-state index contributed by atoms with van der Waals surface area (Å²) in [7, 11) is 0. The van der Waals surface area contributed by atoms with Gasteiger partial charge in [0.15, 0.2) is 0 Å². The van der Waals surface area contributed by atoms with Crippen LogP contribution in [0.15, 0.2) is 0 Å². The molecule has 0 bridgehead atoms. The van der Waals surface area contributed by atoms with Crippen molar-refractivity contribution in [1.29, 1.82) is 0 Å². The van der Waals surface area contributed by atoms with Crippen molar-refractivity contribution in [3.8, 4) is 0 Å². The summed E-state index contributed by atoms with van der Waals surface area (Å²) < 4.78 is 0. The van der Waals surface area contributed by atoms with Gasteiger partial charge in [-0.05, 0) is 66.1 Å². The van der Waals surface area contributed by atoms with Crippen LogP contribution in [0.25, 0.3) is 0 Å². The Balaban J connectivity index is 2.05. The lowest BCUT2D eigenvalue weighted by Crippen LogP contribution is -2.46. The Kier molecular flexibility index (Phi) is 7.52. The molecule has 1 heterocycles. The molecule has 20 heavy (non-hydrogen) atoms. The Morgan fingerprint density at radius 3 is 2.75 bits per heavy atom. The van der Waals surface area contributed by atoms with Crippen molar-refractivity contribution in [2.75, 3.05) is 26.2 Å². The molecule has 4 heteroatoms. The topological polar surface area (TPSA) is 44.4 Å². The van der Waals surface area contributed by atoms with Gasteiger partial charge in [-0.25, -0.2) is 0 Å². The Hall–Kier alpha value is -0.610. The van der Waals surface area contributed by atoms with Crippen LogP contribution in [0.4, 0.5) is 0 Å². The largest absolute Gasteiger partial charge is 0.350 e. The minimum absolute atomic E-state index is 0.0952. The van der Waals surface area contributed by atoms with Crippen LogP contribution in [0.5, 0.6) is 0 Å². The monoisotopic (exact) mass is 283 g/mol. The molecule has 1 amide bonds. The highest BCUT2D eigenvalue weighted by atomic mass is 16.2. The molecule has 1 aliphatic heterocycles. The van der Waals surface area contributed by atoms with E-state index in [1.165, 1.54) is 25.8 Å². The fraction of sp³-hybridized carbons (Fsp3) is 0.938. The van der Waals surface area contributed by atoms with Gasteiger partial charge < -0.3 is 15.5 Å². The number of likely N-dealkylation sites (tertiary alicyclic amines) is 1. The van der Waals surface area contributed by atoms with Gasteiger partial charge in [-0.1, -0.05) is 13.3 Å². The first-order valence-electron chi connectivity index (χ1n) is 8.20. The first-order chi connectivity index (χ1) is 9.44. The molecule has 1 rings (SSSR count). The van der Waals surface area contributed by atoms with Crippen LogP contribution in [0, 0.1) is 0 Å². The summed E-state index contributed by atoms with van der Waals surface area (Å²) >= 11 is 0. The molecule has 1 saturated heterocycles. The van der Waals surface area contributed by atoms with Crippen molar-refractivity contribution in [2.24, 2.45) is 0 Å². The van der Waals surface area contributed by atoms with E-state index in [2.05, 4.69) is 43.2 Å². The standard InChI is InChI=1S/C16H33N3O/c1-5-16(3,4)18-15(20)13-17-10-8-12-19-11-7-6-9-14(19)2/h14,17H,5-13H2,1-4H3,(H,18,20). The number of amides is 1. The second kappa shape index (κ2) is 8.63. The van der Waals surface area contributed by atoms with Crippen LogP contribution < -0.4 is 10.6 Å². The Morgan fingerprint density at radius 2 is 2.10 bits per heavy atom. The van der Waals surface area contributed by atoms with Gasteiger partial charge in [0.25, 0.3) is 0 Å². The lowest BCUT2D eigenvalue weighted by atomic mass is 10.0. The zero-order valence-electron chi connectivity index (χ0n) is 13.8. The molecule has 0 saturated carbocycles. The predicted octanol–water partition coefficient (Wildman–Crippen LogP) is 2.15. The van der Waals surface area contributed by atoms with Gasteiger partial charge >= 0.3 is 0 Å². The van der Waals surface area contributed by atoms with Gasteiger partial charge in [0, 0.05) is 11.6 Å². The minimum Gasteiger partial charge on any atom is -0.350 e. The molecule has 4 nitrogen and oxygen atoms in total. The van der Waals surface area contributed by atoms with Crippen molar-refractivity contribution in [2.45, 2.75) is 71.4 Å². The third kappa shape index (κ3) is 6.71. The fourth-order valence-corrected chi connectivity index (χ4v) is 2.61. The van der Waals surface area contributed by atoms with Gasteiger partial charge in [0.2, 0.25) is 5.91 Å². The number of rotatable bonds is 8. The number of hydrogen-bond acceptors (Lipinski definition) is 3. The Morgan fingerprint density at radius 1 is 1.35 bits per heavy atom. The zero-order chi connectivity index (χ0) is 15.0. The molecule has 1 atom stereocenters. The second-order valence-corrected chi connectivity index (χ2v) is 6.70. The summed E-state index contributed by atoms with van der Waals surface area (Å²) in [6.07, 6.45) is 6.12. The Labute approximate surface area is 124 Å². The highest BCUT2D eigenvalue weighted by molar-refractivity contribution is 5.78. The molecule has 0 aromatic carbocycles. The highest BCUT2D eigenvalue weighted by Crippen LogP contribution is 2.15. The quantitative estimate of drug-likeness (QED) is 0.671. The maximum Gasteiger partial charge on any atom is 0.234 e. The lowest BCUT2D eigenvalue weighted by Gasteiger charge is -2.33. The average Bonchev–Trinajstić information content (AvgIpc) is 2.40. The molecule has 2 N–H and O–H groups in total. The van der Waals surface area contributed by atoms with Crippen LogP contribution in [0.1, 0.15) is 59.8 Å². The molecule has 0 spiro atoms. The van der Waals surface area contributed by atoms with Crippen LogP contribution in [0.2, 0.25) is 0 Å². The number of nitrogens with one attached hydrogen (secondary N) is 2. The van der Waals surface area contributed by atoms with Gasteiger partial charge in [-0.3, -0.25) is 4.79 Å². The van der Waals surface area contributed by atoms with E-state index in [9.17, 15) is 4.79 Å². The molecule has 0 aromatic rings. The van der Waals surface area contributed by atoms with Crippen LogP contribution >= 0.6 is 0 Å². The van der Waals surface area contributed by atoms with Crippen molar-refractivity contribution in [3.05, 3.63) is 0 Å². The molecule has 1 aliphatic rings. The SMILES string of the molecule is CCC(C)(C)NC(=O)CNCCCN1CCCCC1C. The smallest absolute Gasteiger partial charge is 0.234 e. The fourth-order valence-electron chi connectivity index (χ4n) is 2.61. The summed E-state index contributed by atoms with van der Waals surface area (Å²) in [5, 5.41) is 6.29. The van der Waals surface area contributed by atoms with E-state index in [-0.39, 0.29) is 11.4 Å². The molecule has 1 fully saturated rings. The van der Waals surface area contributed by atoms with Crippen molar-refractivity contribution in [1.82, 2.24) is 15.5 Å². The first kappa shape index (κ1) is 17.4.